The van der Waals surface area contributed by atoms with E-state index in [1.54, 1.807) is 13.0 Å². The van der Waals surface area contributed by atoms with E-state index in [2.05, 4.69) is 4.72 Å². The predicted octanol–water partition coefficient (Wildman–Crippen LogP) is 1.15. The first-order valence-electron chi connectivity index (χ1n) is 5.73. The minimum Gasteiger partial charge on any atom is -0.481 e. The average molecular weight is 322 g/mol. The summed E-state index contributed by atoms with van der Waals surface area (Å²) >= 11 is 5.87. The molecule has 1 rings (SSSR count). The van der Waals surface area contributed by atoms with Gasteiger partial charge in [0.15, 0.2) is 0 Å². The molecule has 20 heavy (non-hydrogen) atoms. The number of aliphatic carboxylic acids is 1. The maximum atomic E-state index is 12.0. The molecule has 1 unspecified atom stereocenters. The number of carboxylic acid groups (broad SMARTS) is 1. The molecule has 1 atom stereocenters. The SMILES string of the molecule is Cc1ccc(S(=O)(=O)NCC(C)(O)CC(=O)O)c(Cl)c1. The van der Waals surface area contributed by atoms with Crippen LogP contribution in [0.25, 0.3) is 0 Å². The zero-order valence-electron chi connectivity index (χ0n) is 11.1. The van der Waals surface area contributed by atoms with Gasteiger partial charge in [-0.3, -0.25) is 4.79 Å². The minimum atomic E-state index is -3.91. The highest BCUT2D eigenvalue weighted by molar-refractivity contribution is 7.89. The van der Waals surface area contributed by atoms with Gasteiger partial charge in [0, 0.05) is 6.54 Å². The number of carbonyl (C=O) groups is 1. The van der Waals surface area contributed by atoms with E-state index < -0.39 is 34.6 Å². The molecule has 0 saturated heterocycles. The van der Waals surface area contributed by atoms with Crippen molar-refractivity contribution in [1.29, 1.82) is 0 Å². The molecule has 0 amide bonds. The fraction of sp³-hybridized carbons (Fsp3) is 0.417. The van der Waals surface area contributed by atoms with Gasteiger partial charge in [-0.05, 0) is 31.5 Å². The zero-order chi connectivity index (χ0) is 15.6. The summed E-state index contributed by atoms with van der Waals surface area (Å²) in [5, 5.41) is 18.4. The lowest BCUT2D eigenvalue weighted by Gasteiger charge is -2.21. The smallest absolute Gasteiger partial charge is 0.306 e. The highest BCUT2D eigenvalue weighted by atomic mass is 35.5. The summed E-state index contributed by atoms with van der Waals surface area (Å²) in [4.78, 5) is 10.4. The summed E-state index contributed by atoms with van der Waals surface area (Å²) in [5.41, 5.74) is -0.873. The Labute approximate surface area is 122 Å². The number of aliphatic hydroxyl groups is 1. The van der Waals surface area contributed by atoms with Crippen molar-refractivity contribution in [3.63, 3.8) is 0 Å². The maximum Gasteiger partial charge on any atom is 0.306 e. The summed E-state index contributed by atoms with van der Waals surface area (Å²) in [6.45, 7) is 2.58. The Morgan fingerprint density at radius 2 is 2.05 bits per heavy atom. The van der Waals surface area contributed by atoms with Crippen molar-refractivity contribution >= 4 is 27.6 Å². The van der Waals surface area contributed by atoms with Crippen molar-refractivity contribution in [1.82, 2.24) is 4.72 Å². The number of aryl methyl sites for hydroxylation is 1. The molecule has 0 aliphatic rings. The van der Waals surface area contributed by atoms with Crippen LogP contribution in [0.4, 0.5) is 0 Å². The van der Waals surface area contributed by atoms with Gasteiger partial charge in [0.1, 0.15) is 4.90 Å². The molecule has 6 nitrogen and oxygen atoms in total. The van der Waals surface area contributed by atoms with Gasteiger partial charge in [-0.25, -0.2) is 13.1 Å². The zero-order valence-corrected chi connectivity index (χ0v) is 12.6. The van der Waals surface area contributed by atoms with Crippen LogP contribution in [0.2, 0.25) is 5.02 Å². The molecule has 1 aromatic carbocycles. The largest absolute Gasteiger partial charge is 0.481 e. The van der Waals surface area contributed by atoms with Crippen molar-refractivity contribution in [3.05, 3.63) is 28.8 Å². The molecule has 0 aliphatic carbocycles. The van der Waals surface area contributed by atoms with E-state index in [0.717, 1.165) is 5.56 Å². The summed E-state index contributed by atoms with van der Waals surface area (Å²) in [5.74, 6) is -1.22. The molecule has 0 bridgehead atoms. The number of hydrogen-bond donors (Lipinski definition) is 3. The van der Waals surface area contributed by atoms with Crippen molar-refractivity contribution in [2.75, 3.05) is 6.54 Å². The first-order valence-corrected chi connectivity index (χ1v) is 7.60. The normalized spacial score (nSPS) is 14.8. The Hall–Kier alpha value is -1.15. The van der Waals surface area contributed by atoms with Crippen molar-refractivity contribution < 1.29 is 23.4 Å². The van der Waals surface area contributed by atoms with Gasteiger partial charge in [0.05, 0.1) is 17.0 Å². The first-order chi connectivity index (χ1) is 9.03. The molecular weight excluding hydrogens is 306 g/mol. The monoisotopic (exact) mass is 321 g/mol. The Kier molecular flexibility index (Phi) is 5.15. The van der Waals surface area contributed by atoms with Gasteiger partial charge in [0.2, 0.25) is 10.0 Å². The van der Waals surface area contributed by atoms with Gasteiger partial charge in [-0.15, -0.1) is 0 Å². The number of carboxylic acids is 1. The van der Waals surface area contributed by atoms with Crippen molar-refractivity contribution in [2.24, 2.45) is 0 Å². The van der Waals surface area contributed by atoms with E-state index in [-0.39, 0.29) is 9.92 Å². The highest BCUT2D eigenvalue weighted by Crippen LogP contribution is 2.22. The second-order valence-electron chi connectivity index (χ2n) is 4.83. The molecule has 112 valence electrons. The lowest BCUT2D eigenvalue weighted by Crippen LogP contribution is -2.42. The third-order valence-electron chi connectivity index (χ3n) is 2.55. The Morgan fingerprint density at radius 1 is 1.45 bits per heavy atom. The molecule has 1 aromatic rings. The third-order valence-corrected chi connectivity index (χ3v) is 4.44. The molecule has 0 saturated carbocycles. The van der Waals surface area contributed by atoms with E-state index in [0.29, 0.717) is 0 Å². The molecule has 0 spiro atoms. The maximum absolute atomic E-state index is 12.0. The minimum absolute atomic E-state index is 0.0652. The third kappa shape index (κ3) is 4.75. The second kappa shape index (κ2) is 6.09. The van der Waals surface area contributed by atoms with Crippen LogP contribution in [0.15, 0.2) is 23.1 Å². The van der Waals surface area contributed by atoms with Gasteiger partial charge in [-0.1, -0.05) is 17.7 Å². The van der Waals surface area contributed by atoms with Crippen LogP contribution in [0.3, 0.4) is 0 Å². The number of rotatable bonds is 6. The van der Waals surface area contributed by atoms with E-state index in [9.17, 15) is 18.3 Å². The number of benzene rings is 1. The molecule has 0 heterocycles. The van der Waals surface area contributed by atoms with Crippen LogP contribution in [0, 0.1) is 6.92 Å². The highest BCUT2D eigenvalue weighted by Gasteiger charge is 2.27. The van der Waals surface area contributed by atoms with E-state index in [4.69, 9.17) is 16.7 Å². The van der Waals surface area contributed by atoms with Crippen LogP contribution in [0.1, 0.15) is 18.9 Å². The fourth-order valence-corrected chi connectivity index (χ4v) is 3.30. The predicted molar refractivity (Wildman–Crippen MR) is 74.3 cm³/mol. The molecule has 8 heteroatoms. The topological polar surface area (TPSA) is 104 Å². The number of sulfonamides is 1. The fourth-order valence-electron chi connectivity index (χ4n) is 1.54. The number of hydrogen-bond acceptors (Lipinski definition) is 4. The Balaban J connectivity index is 2.88. The standard InChI is InChI=1S/C12H16ClNO5S/c1-8-3-4-10(9(13)5-8)20(18,19)14-7-12(2,17)6-11(15)16/h3-5,14,17H,6-7H2,1-2H3,(H,15,16). The van der Waals surface area contributed by atoms with Gasteiger partial charge < -0.3 is 10.2 Å². The summed E-state index contributed by atoms with van der Waals surface area (Å²) in [6, 6.07) is 4.45. The van der Waals surface area contributed by atoms with Crippen LogP contribution in [-0.4, -0.2) is 36.7 Å². The second-order valence-corrected chi connectivity index (χ2v) is 6.97. The van der Waals surface area contributed by atoms with Gasteiger partial charge >= 0.3 is 5.97 Å². The quantitative estimate of drug-likeness (QED) is 0.729. The molecule has 0 aliphatic heterocycles. The molecule has 0 fully saturated rings. The molecule has 3 N–H and O–H groups in total. The van der Waals surface area contributed by atoms with Crippen molar-refractivity contribution in [2.45, 2.75) is 30.8 Å². The summed E-state index contributed by atoms with van der Waals surface area (Å²) in [6.07, 6.45) is -0.572. The van der Waals surface area contributed by atoms with E-state index in [1.165, 1.54) is 19.1 Å². The van der Waals surface area contributed by atoms with E-state index >= 15 is 0 Å². The molecular formula is C12H16ClNO5S. The van der Waals surface area contributed by atoms with Gasteiger partial charge in [0.25, 0.3) is 0 Å². The lowest BCUT2D eigenvalue weighted by molar-refractivity contribution is -0.141. The number of nitrogens with one attached hydrogen (secondary N) is 1. The van der Waals surface area contributed by atoms with Crippen molar-refractivity contribution in [3.8, 4) is 0 Å². The molecule has 0 aromatic heterocycles. The van der Waals surface area contributed by atoms with E-state index in [1.807, 2.05) is 0 Å². The van der Waals surface area contributed by atoms with Crippen LogP contribution in [-0.2, 0) is 14.8 Å². The lowest BCUT2D eigenvalue weighted by atomic mass is 10.0. The van der Waals surface area contributed by atoms with Gasteiger partial charge in [-0.2, -0.15) is 0 Å². The summed E-state index contributed by atoms with van der Waals surface area (Å²) in [7, 11) is -3.91. The first kappa shape index (κ1) is 16.9. The van der Waals surface area contributed by atoms with Crippen LogP contribution >= 0.6 is 11.6 Å². The Morgan fingerprint density at radius 3 is 2.55 bits per heavy atom. The average Bonchev–Trinajstić information content (AvgIpc) is 2.24. The van der Waals surface area contributed by atoms with Crippen LogP contribution in [0.5, 0.6) is 0 Å². The number of halogens is 1. The van der Waals surface area contributed by atoms with Crippen LogP contribution < -0.4 is 4.72 Å². The molecule has 0 radical (unpaired) electrons. The summed E-state index contributed by atoms with van der Waals surface area (Å²) < 4.78 is 26.2. The Bertz CT molecular complexity index is 612.